The summed E-state index contributed by atoms with van der Waals surface area (Å²) in [6.07, 6.45) is 8.51. The van der Waals surface area contributed by atoms with Gasteiger partial charge in [-0.1, -0.05) is 18.9 Å². The smallest absolute Gasteiger partial charge is 0.232 e. The third-order valence-corrected chi connectivity index (χ3v) is 7.62. The van der Waals surface area contributed by atoms with Gasteiger partial charge in [0, 0.05) is 25.0 Å². The van der Waals surface area contributed by atoms with Crippen LogP contribution >= 0.6 is 0 Å². The van der Waals surface area contributed by atoms with Crippen LogP contribution < -0.4 is 20.1 Å². The molecule has 0 radical (unpaired) electrons. The number of rotatable bonds is 8. The number of aryl methyl sites for hydroxylation is 1. The molecule has 0 bridgehead atoms. The van der Waals surface area contributed by atoms with E-state index in [4.69, 9.17) is 4.74 Å². The second-order valence-corrected chi connectivity index (χ2v) is 10.4. The summed E-state index contributed by atoms with van der Waals surface area (Å²) in [5, 5.41) is 6.74. The van der Waals surface area contributed by atoms with Crippen LogP contribution in [0.2, 0.25) is 0 Å². The maximum Gasteiger partial charge on any atom is 0.232 e. The van der Waals surface area contributed by atoms with Crippen LogP contribution in [-0.4, -0.2) is 42.8 Å². The highest BCUT2D eigenvalue weighted by Crippen LogP contribution is 2.42. The molecule has 1 aliphatic heterocycles. The quantitative estimate of drug-likeness (QED) is 0.318. The van der Waals surface area contributed by atoms with Crippen molar-refractivity contribution in [2.75, 3.05) is 18.4 Å². The van der Waals surface area contributed by atoms with Gasteiger partial charge in [0.2, 0.25) is 23.1 Å². The fourth-order valence-electron chi connectivity index (χ4n) is 5.23. The molecule has 9 nitrogen and oxygen atoms in total. The fourth-order valence-corrected chi connectivity index (χ4v) is 5.89. The summed E-state index contributed by atoms with van der Waals surface area (Å²) < 4.78 is 45.3. The summed E-state index contributed by atoms with van der Waals surface area (Å²) in [5.74, 6) is 0.246. The Morgan fingerprint density at radius 2 is 2.03 bits per heavy atom. The van der Waals surface area contributed by atoms with Crippen LogP contribution in [-0.2, 0) is 16.8 Å². The van der Waals surface area contributed by atoms with Gasteiger partial charge in [-0.15, -0.1) is 0 Å². The number of hydrogen-bond acceptors (Lipinski definition) is 7. The number of aromatic nitrogens is 3. The van der Waals surface area contributed by atoms with Crippen molar-refractivity contribution >= 4 is 17.2 Å². The first-order valence-electron chi connectivity index (χ1n) is 12.6. The Morgan fingerprint density at radius 3 is 2.76 bits per heavy atom. The number of halogens is 1. The fraction of sp³-hybridized carbons (Fsp3) is 0.423. The third kappa shape index (κ3) is 5.80. The molecule has 2 aromatic heterocycles. The van der Waals surface area contributed by atoms with Gasteiger partial charge in [0.25, 0.3) is 0 Å². The lowest BCUT2D eigenvalue weighted by Crippen LogP contribution is -2.40. The van der Waals surface area contributed by atoms with E-state index in [-0.39, 0.29) is 17.7 Å². The Labute approximate surface area is 218 Å². The van der Waals surface area contributed by atoms with E-state index in [0.717, 1.165) is 38.8 Å². The third-order valence-electron chi connectivity index (χ3n) is 7.05. The zero-order valence-electron chi connectivity index (χ0n) is 20.7. The summed E-state index contributed by atoms with van der Waals surface area (Å²) in [7, 11) is 0. The predicted molar refractivity (Wildman–Crippen MR) is 140 cm³/mol. The minimum absolute atomic E-state index is 0.0580. The average molecular weight is 527 g/mol. The summed E-state index contributed by atoms with van der Waals surface area (Å²) >= 11 is -2.21. The molecule has 196 valence electrons. The van der Waals surface area contributed by atoms with Gasteiger partial charge in [-0.25, -0.2) is 28.3 Å². The predicted octanol–water partition coefficient (Wildman–Crippen LogP) is 4.44. The van der Waals surface area contributed by atoms with Crippen LogP contribution in [0.5, 0.6) is 11.6 Å². The van der Waals surface area contributed by atoms with E-state index in [1.807, 2.05) is 12.1 Å². The molecule has 2 fully saturated rings. The molecule has 3 aromatic rings. The molecule has 3 heterocycles. The van der Waals surface area contributed by atoms with Gasteiger partial charge in [-0.3, -0.25) is 4.55 Å². The zero-order chi connectivity index (χ0) is 25.8. The number of ether oxygens (including phenoxy) is 1. The zero-order valence-corrected chi connectivity index (χ0v) is 21.5. The van der Waals surface area contributed by atoms with Crippen molar-refractivity contribution in [1.29, 1.82) is 0 Å². The van der Waals surface area contributed by atoms with E-state index in [9.17, 15) is 8.76 Å². The molecule has 1 saturated carbocycles. The molecule has 1 unspecified atom stereocenters. The Morgan fingerprint density at radius 1 is 1.19 bits per heavy atom. The highest BCUT2D eigenvalue weighted by Gasteiger charge is 2.38. The number of nitrogens with zero attached hydrogens (tertiary/aromatic N) is 3. The molecule has 2 aliphatic rings. The molecule has 37 heavy (non-hydrogen) atoms. The van der Waals surface area contributed by atoms with E-state index >= 15 is 4.39 Å². The first-order valence-corrected chi connectivity index (χ1v) is 13.7. The summed E-state index contributed by atoms with van der Waals surface area (Å²) in [6, 6.07) is 8.83. The Kier molecular flexibility index (Phi) is 7.75. The molecular weight excluding hydrogens is 495 g/mol. The maximum atomic E-state index is 15.5. The molecule has 4 N–H and O–H groups in total. The van der Waals surface area contributed by atoms with Crippen LogP contribution in [0.15, 0.2) is 42.7 Å². The molecule has 1 aliphatic carbocycles. The van der Waals surface area contributed by atoms with Gasteiger partial charge in [0.1, 0.15) is 0 Å². The number of nitrogens with one attached hydrogen (secondary N) is 3. The number of piperidine rings is 1. The molecule has 1 aromatic carbocycles. The lowest BCUT2D eigenvalue weighted by atomic mass is 9.88. The Balaban J connectivity index is 1.42. The first kappa shape index (κ1) is 25.7. The van der Waals surface area contributed by atoms with E-state index in [0.29, 0.717) is 41.2 Å². The molecule has 2 atom stereocenters. The van der Waals surface area contributed by atoms with E-state index < -0.39 is 22.6 Å². The topological polar surface area (TPSA) is 121 Å². The molecule has 0 amide bonds. The number of anilines is 1. The molecule has 0 spiro atoms. The van der Waals surface area contributed by atoms with Crippen molar-refractivity contribution in [3.8, 4) is 22.9 Å². The van der Waals surface area contributed by atoms with Crippen molar-refractivity contribution in [3.63, 3.8) is 0 Å². The SMILES string of the molecule is Cc1cc(C2(NS(=O)O)CCCC2)cc(F)c1Oc1ncccc1-c1ccnc(N[C@H]2CCCNC2)n1. The summed E-state index contributed by atoms with van der Waals surface area (Å²) in [6.45, 7) is 3.63. The summed E-state index contributed by atoms with van der Waals surface area (Å²) in [4.78, 5) is 13.4. The largest absolute Gasteiger partial charge is 0.435 e. The van der Waals surface area contributed by atoms with Crippen molar-refractivity contribution in [2.45, 2.75) is 57.0 Å². The van der Waals surface area contributed by atoms with E-state index in [1.54, 1.807) is 31.5 Å². The standard InChI is InChI=1S/C26H31FN6O3S/c1-17-14-18(26(33-37(34)35)9-2-3-10-26)15-21(27)23(17)36-24-20(7-5-12-29-24)22-8-13-30-25(32-22)31-19-6-4-11-28-16-19/h5,7-8,12-15,19,28,33H,2-4,6,9-11,16H2,1H3,(H,34,35)(H,30,31,32)/t19-/m0/s1. The Bertz CT molecular complexity index is 1260. The van der Waals surface area contributed by atoms with Crippen LogP contribution in [0.1, 0.15) is 49.7 Å². The van der Waals surface area contributed by atoms with Gasteiger partial charge >= 0.3 is 0 Å². The molecular formula is C26H31FN6O3S. The monoisotopic (exact) mass is 526 g/mol. The number of benzene rings is 1. The van der Waals surface area contributed by atoms with Crippen LogP contribution in [0.3, 0.4) is 0 Å². The second-order valence-electron chi connectivity index (χ2n) is 9.66. The average Bonchev–Trinajstić information content (AvgIpc) is 3.36. The lowest BCUT2D eigenvalue weighted by Gasteiger charge is -2.29. The number of pyridine rings is 1. The van der Waals surface area contributed by atoms with Crippen LogP contribution in [0, 0.1) is 12.7 Å². The molecule has 11 heteroatoms. The van der Waals surface area contributed by atoms with Crippen molar-refractivity contribution in [3.05, 3.63) is 59.7 Å². The minimum atomic E-state index is -2.21. The normalized spacial score (nSPS) is 19.9. The number of hydrogen-bond donors (Lipinski definition) is 4. The van der Waals surface area contributed by atoms with Gasteiger partial charge < -0.3 is 15.4 Å². The van der Waals surface area contributed by atoms with Crippen molar-refractivity contribution < 1.29 is 17.9 Å². The van der Waals surface area contributed by atoms with Crippen molar-refractivity contribution in [1.82, 2.24) is 25.0 Å². The van der Waals surface area contributed by atoms with E-state index in [1.165, 1.54) is 6.07 Å². The molecule has 5 rings (SSSR count). The lowest BCUT2D eigenvalue weighted by molar-refractivity contribution is 0.389. The second kappa shape index (κ2) is 11.2. The van der Waals surface area contributed by atoms with E-state index in [2.05, 4.69) is 30.3 Å². The van der Waals surface area contributed by atoms with Gasteiger partial charge in [0.15, 0.2) is 11.6 Å². The first-order chi connectivity index (χ1) is 17.9. The minimum Gasteiger partial charge on any atom is -0.435 e. The van der Waals surface area contributed by atoms with Crippen LogP contribution in [0.4, 0.5) is 10.3 Å². The van der Waals surface area contributed by atoms with Crippen LogP contribution in [0.25, 0.3) is 11.3 Å². The highest BCUT2D eigenvalue weighted by molar-refractivity contribution is 7.77. The Hall–Kier alpha value is -2.99. The van der Waals surface area contributed by atoms with Gasteiger partial charge in [0.05, 0.1) is 16.8 Å². The van der Waals surface area contributed by atoms with Gasteiger partial charge in [-0.2, -0.15) is 0 Å². The van der Waals surface area contributed by atoms with Crippen molar-refractivity contribution in [2.24, 2.45) is 0 Å². The highest BCUT2D eigenvalue weighted by atomic mass is 32.2. The van der Waals surface area contributed by atoms with Gasteiger partial charge in [-0.05, 0) is 74.5 Å². The molecule has 1 saturated heterocycles. The maximum absolute atomic E-state index is 15.5. The summed E-state index contributed by atoms with van der Waals surface area (Å²) in [5.41, 5.74) is 1.69.